The Morgan fingerprint density at radius 3 is 2.48 bits per heavy atom. The molecule has 0 N–H and O–H groups in total. The van der Waals surface area contributed by atoms with E-state index in [9.17, 15) is 13.2 Å². The lowest BCUT2D eigenvalue weighted by atomic mass is 10.1. The number of likely N-dealkylation sites (N-methyl/N-ethyl adjacent to an activating group) is 2. The molecule has 2 rings (SSSR count). The van der Waals surface area contributed by atoms with Gasteiger partial charge in [-0.2, -0.15) is 5.10 Å². The van der Waals surface area contributed by atoms with Crippen LogP contribution in [0.1, 0.15) is 43.3 Å². The Bertz CT molecular complexity index is 739. The minimum absolute atomic E-state index is 0.0727. The predicted molar refractivity (Wildman–Crippen MR) is 98.2 cm³/mol. The molecule has 0 spiro atoms. The van der Waals surface area contributed by atoms with Gasteiger partial charge in [0.25, 0.3) is 0 Å². The lowest BCUT2D eigenvalue weighted by molar-refractivity contribution is -0.132. The molecule has 1 aliphatic heterocycles. The number of aromatic nitrogens is 2. The quantitative estimate of drug-likeness (QED) is 0.751. The molecule has 8 heteroatoms. The van der Waals surface area contributed by atoms with Crippen molar-refractivity contribution in [2.75, 3.05) is 32.1 Å². The van der Waals surface area contributed by atoms with Gasteiger partial charge in [0.05, 0.1) is 29.8 Å². The summed E-state index contributed by atoms with van der Waals surface area (Å²) in [6.45, 7) is 8.87. The van der Waals surface area contributed by atoms with Crippen molar-refractivity contribution in [1.82, 2.24) is 19.6 Å². The van der Waals surface area contributed by atoms with Gasteiger partial charge in [-0.25, -0.2) is 8.42 Å². The number of carbonyl (C=O) groups is 1. The van der Waals surface area contributed by atoms with Crippen LogP contribution in [-0.4, -0.2) is 72.1 Å². The molecule has 0 aromatic carbocycles. The summed E-state index contributed by atoms with van der Waals surface area (Å²) in [7, 11) is 0.792. The first-order valence-electron chi connectivity index (χ1n) is 8.71. The Balaban J connectivity index is 2.09. The highest BCUT2D eigenvalue weighted by Gasteiger charge is 2.31. The molecule has 0 radical (unpaired) electrons. The molecule has 1 aromatic heterocycles. The van der Waals surface area contributed by atoms with Crippen LogP contribution >= 0.6 is 0 Å². The van der Waals surface area contributed by atoms with Crippen LogP contribution in [0.4, 0.5) is 0 Å². The average Bonchev–Trinajstić information content (AvgIpc) is 2.99. The van der Waals surface area contributed by atoms with Gasteiger partial charge in [0.15, 0.2) is 9.84 Å². The summed E-state index contributed by atoms with van der Waals surface area (Å²) < 4.78 is 25.4. The highest BCUT2D eigenvalue weighted by Crippen LogP contribution is 2.27. The largest absolute Gasteiger partial charge is 0.342 e. The highest BCUT2D eigenvalue weighted by molar-refractivity contribution is 7.91. The third-order valence-electron chi connectivity index (χ3n) is 5.03. The van der Waals surface area contributed by atoms with Gasteiger partial charge in [0.1, 0.15) is 0 Å². The second-order valence-corrected chi connectivity index (χ2v) is 9.65. The molecule has 1 aromatic rings. The van der Waals surface area contributed by atoms with Crippen molar-refractivity contribution in [2.45, 2.75) is 52.7 Å². The van der Waals surface area contributed by atoms with Gasteiger partial charge in [-0.05, 0) is 41.2 Å². The van der Waals surface area contributed by atoms with E-state index in [0.717, 1.165) is 17.0 Å². The van der Waals surface area contributed by atoms with E-state index in [0.29, 0.717) is 19.5 Å². The molecule has 1 amide bonds. The van der Waals surface area contributed by atoms with E-state index < -0.39 is 9.84 Å². The molecule has 0 aliphatic carbocycles. The number of hydrogen-bond donors (Lipinski definition) is 0. The van der Waals surface area contributed by atoms with Crippen LogP contribution in [0, 0.1) is 13.8 Å². The van der Waals surface area contributed by atoms with E-state index in [2.05, 4.69) is 5.10 Å². The fourth-order valence-electron chi connectivity index (χ4n) is 3.21. The zero-order valence-corrected chi connectivity index (χ0v) is 16.9. The van der Waals surface area contributed by atoms with Gasteiger partial charge in [0.2, 0.25) is 5.91 Å². The Kier molecular flexibility index (Phi) is 5.93. The van der Waals surface area contributed by atoms with E-state index in [1.54, 1.807) is 4.90 Å². The fourth-order valence-corrected chi connectivity index (χ4v) is 4.90. The smallest absolute Gasteiger partial charge is 0.236 e. The number of sulfone groups is 1. The summed E-state index contributed by atoms with van der Waals surface area (Å²) in [5, 5.41) is 4.58. The summed E-state index contributed by atoms with van der Waals surface area (Å²) in [4.78, 5) is 16.0. The van der Waals surface area contributed by atoms with Crippen molar-refractivity contribution in [3.63, 3.8) is 0 Å². The molecule has 0 bridgehead atoms. The maximum atomic E-state index is 12.2. The van der Waals surface area contributed by atoms with E-state index in [1.807, 2.05) is 51.4 Å². The Hall–Kier alpha value is -1.41. The Labute approximate surface area is 150 Å². The van der Waals surface area contributed by atoms with Crippen molar-refractivity contribution < 1.29 is 13.2 Å². The summed E-state index contributed by atoms with van der Waals surface area (Å²) in [5.74, 6) is 0.491. The molecule has 1 fully saturated rings. The lowest BCUT2D eigenvalue weighted by Crippen LogP contribution is -2.40. The summed E-state index contributed by atoms with van der Waals surface area (Å²) in [5.41, 5.74) is 2.97. The molecule has 142 valence electrons. The molecule has 0 unspecified atom stereocenters. The molecular weight excluding hydrogens is 340 g/mol. The number of aryl methyl sites for hydroxylation is 1. The normalized spacial score (nSPS) is 19.8. The number of amides is 1. The molecule has 1 saturated heterocycles. The van der Waals surface area contributed by atoms with Gasteiger partial charge in [0, 0.05) is 30.9 Å². The standard InChI is InChI=1S/C17H30N4O3S/c1-12(2)20(6)17(22)10-19(5)9-16-13(3)18-21(14(16)4)15-7-8-25(23,24)11-15/h12,15H,7-11H2,1-6H3/t15-/m0/s1. The van der Waals surface area contributed by atoms with Gasteiger partial charge in [-0.1, -0.05) is 0 Å². The number of carbonyl (C=O) groups excluding carboxylic acids is 1. The first kappa shape index (κ1) is 19.9. The molecule has 7 nitrogen and oxygen atoms in total. The van der Waals surface area contributed by atoms with Crippen molar-refractivity contribution in [2.24, 2.45) is 0 Å². The summed E-state index contributed by atoms with van der Waals surface area (Å²) in [6, 6.07) is 0.105. The predicted octanol–water partition coefficient (Wildman–Crippen LogP) is 1.16. The van der Waals surface area contributed by atoms with Crippen molar-refractivity contribution in [3.8, 4) is 0 Å². The Morgan fingerprint density at radius 1 is 1.32 bits per heavy atom. The lowest BCUT2D eigenvalue weighted by Gasteiger charge is -2.25. The number of hydrogen-bond acceptors (Lipinski definition) is 5. The van der Waals surface area contributed by atoms with Gasteiger partial charge >= 0.3 is 0 Å². The van der Waals surface area contributed by atoms with Crippen molar-refractivity contribution in [1.29, 1.82) is 0 Å². The van der Waals surface area contributed by atoms with Crippen molar-refractivity contribution in [3.05, 3.63) is 17.0 Å². The minimum atomic E-state index is -2.94. The van der Waals surface area contributed by atoms with Gasteiger partial charge in [-0.15, -0.1) is 0 Å². The highest BCUT2D eigenvalue weighted by atomic mass is 32.2. The molecule has 1 atom stereocenters. The summed E-state index contributed by atoms with van der Waals surface area (Å²) in [6.07, 6.45) is 0.622. The van der Waals surface area contributed by atoms with Crippen LogP contribution in [-0.2, 0) is 21.2 Å². The zero-order valence-electron chi connectivity index (χ0n) is 16.1. The molecule has 2 heterocycles. The van der Waals surface area contributed by atoms with Crippen LogP contribution in [0.2, 0.25) is 0 Å². The van der Waals surface area contributed by atoms with E-state index in [1.165, 1.54) is 0 Å². The molecule has 25 heavy (non-hydrogen) atoms. The van der Waals surface area contributed by atoms with Gasteiger partial charge < -0.3 is 4.90 Å². The van der Waals surface area contributed by atoms with Crippen LogP contribution in [0.25, 0.3) is 0 Å². The monoisotopic (exact) mass is 370 g/mol. The maximum absolute atomic E-state index is 12.2. The van der Waals surface area contributed by atoms with E-state index in [4.69, 9.17) is 0 Å². The van der Waals surface area contributed by atoms with E-state index in [-0.39, 0.29) is 29.5 Å². The van der Waals surface area contributed by atoms with Crippen LogP contribution in [0.3, 0.4) is 0 Å². The third kappa shape index (κ3) is 4.61. The minimum Gasteiger partial charge on any atom is -0.342 e. The Morgan fingerprint density at radius 2 is 1.96 bits per heavy atom. The number of rotatable bonds is 6. The second kappa shape index (κ2) is 7.45. The first-order chi connectivity index (χ1) is 11.5. The summed E-state index contributed by atoms with van der Waals surface area (Å²) >= 11 is 0. The van der Waals surface area contributed by atoms with E-state index >= 15 is 0 Å². The molecule has 0 saturated carbocycles. The molecule has 1 aliphatic rings. The first-order valence-corrected chi connectivity index (χ1v) is 10.5. The maximum Gasteiger partial charge on any atom is 0.236 e. The molecular formula is C17H30N4O3S. The number of nitrogens with zero attached hydrogens (tertiary/aromatic N) is 4. The SMILES string of the molecule is Cc1nn([C@H]2CCS(=O)(=O)C2)c(C)c1CN(C)CC(=O)N(C)C(C)C. The average molecular weight is 371 g/mol. The van der Waals surface area contributed by atoms with Gasteiger partial charge in [-0.3, -0.25) is 14.4 Å². The fraction of sp³-hybridized carbons (Fsp3) is 0.765. The van der Waals surface area contributed by atoms with Crippen LogP contribution in [0.5, 0.6) is 0 Å². The van der Waals surface area contributed by atoms with Crippen molar-refractivity contribution >= 4 is 15.7 Å². The second-order valence-electron chi connectivity index (χ2n) is 7.42. The van der Waals surface area contributed by atoms with Crippen LogP contribution in [0.15, 0.2) is 0 Å². The topological polar surface area (TPSA) is 75.5 Å². The van der Waals surface area contributed by atoms with Crippen LogP contribution < -0.4 is 0 Å². The zero-order chi connectivity index (χ0) is 18.9. The third-order valence-corrected chi connectivity index (χ3v) is 6.78.